The van der Waals surface area contributed by atoms with Crippen LogP contribution in [0.25, 0.3) is 0 Å². The average Bonchev–Trinajstić information content (AvgIpc) is 2.27. The zero-order valence-electron chi connectivity index (χ0n) is 8.16. The van der Waals surface area contributed by atoms with E-state index in [2.05, 4.69) is 5.32 Å². The largest absolute Gasteiger partial charge is 0.353 e. The van der Waals surface area contributed by atoms with Crippen LogP contribution in [0.5, 0.6) is 0 Å². The number of benzene rings is 1. The standard InChI is InChI=1S/C11H11FN2O/c12-5-6-14-11(15)7-9-1-3-10(8-13)4-2-9/h1-4H,5-7H2,(H,14,15). The van der Waals surface area contributed by atoms with Gasteiger partial charge in [-0.15, -0.1) is 0 Å². The summed E-state index contributed by atoms with van der Waals surface area (Å²) < 4.78 is 11.7. The van der Waals surface area contributed by atoms with E-state index in [0.29, 0.717) is 5.56 Å². The van der Waals surface area contributed by atoms with Gasteiger partial charge in [-0.25, -0.2) is 4.39 Å². The van der Waals surface area contributed by atoms with Gasteiger partial charge >= 0.3 is 0 Å². The third-order valence-corrected chi connectivity index (χ3v) is 1.86. The number of nitrogens with one attached hydrogen (secondary N) is 1. The van der Waals surface area contributed by atoms with Gasteiger partial charge in [-0.2, -0.15) is 5.26 Å². The van der Waals surface area contributed by atoms with Crippen molar-refractivity contribution in [3.63, 3.8) is 0 Å². The Hall–Kier alpha value is -1.89. The van der Waals surface area contributed by atoms with E-state index in [1.807, 2.05) is 6.07 Å². The van der Waals surface area contributed by atoms with Gasteiger partial charge in [0.25, 0.3) is 0 Å². The predicted molar refractivity (Wildman–Crippen MR) is 53.8 cm³/mol. The van der Waals surface area contributed by atoms with Crippen molar-refractivity contribution < 1.29 is 9.18 Å². The van der Waals surface area contributed by atoms with Gasteiger partial charge < -0.3 is 5.32 Å². The molecule has 0 radical (unpaired) electrons. The summed E-state index contributed by atoms with van der Waals surface area (Å²) in [5.41, 5.74) is 1.37. The molecule has 1 N–H and O–H groups in total. The maximum Gasteiger partial charge on any atom is 0.224 e. The highest BCUT2D eigenvalue weighted by molar-refractivity contribution is 5.78. The molecule has 0 saturated carbocycles. The fraction of sp³-hybridized carbons (Fsp3) is 0.273. The van der Waals surface area contributed by atoms with E-state index in [9.17, 15) is 9.18 Å². The average molecular weight is 206 g/mol. The molecule has 0 aliphatic carbocycles. The summed E-state index contributed by atoms with van der Waals surface area (Å²) in [4.78, 5) is 11.2. The molecule has 15 heavy (non-hydrogen) atoms. The monoisotopic (exact) mass is 206 g/mol. The summed E-state index contributed by atoms with van der Waals surface area (Å²) in [6, 6.07) is 8.72. The number of alkyl halides is 1. The smallest absolute Gasteiger partial charge is 0.224 e. The SMILES string of the molecule is N#Cc1ccc(CC(=O)NCCF)cc1. The molecule has 78 valence electrons. The van der Waals surface area contributed by atoms with Crippen LogP contribution in [0.3, 0.4) is 0 Å². The van der Waals surface area contributed by atoms with E-state index >= 15 is 0 Å². The molecular weight excluding hydrogens is 195 g/mol. The molecule has 1 rings (SSSR count). The summed E-state index contributed by atoms with van der Waals surface area (Å²) in [5.74, 6) is -0.211. The number of hydrogen-bond donors (Lipinski definition) is 1. The molecule has 0 aromatic heterocycles. The Balaban J connectivity index is 2.50. The minimum atomic E-state index is -0.556. The predicted octanol–water partition coefficient (Wildman–Crippen LogP) is 1.19. The molecule has 0 bridgehead atoms. The highest BCUT2D eigenvalue weighted by atomic mass is 19.1. The van der Waals surface area contributed by atoms with E-state index in [1.54, 1.807) is 24.3 Å². The number of halogens is 1. The second kappa shape index (κ2) is 5.76. The minimum Gasteiger partial charge on any atom is -0.353 e. The van der Waals surface area contributed by atoms with Crippen LogP contribution in [0.1, 0.15) is 11.1 Å². The van der Waals surface area contributed by atoms with Crippen LogP contribution >= 0.6 is 0 Å². The van der Waals surface area contributed by atoms with Crippen LogP contribution in [0.15, 0.2) is 24.3 Å². The lowest BCUT2D eigenvalue weighted by Crippen LogP contribution is -2.26. The fourth-order valence-corrected chi connectivity index (χ4v) is 1.13. The zero-order valence-corrected chi connectivity index (χ0v) is 8.16. The van der Waals surface area contributed by atoms with Crippen molar-refractivity contribution in [2.45, 2.75) is 6.42 Å². The van der Waals surface area contributed by atoms with Gasteiger partial charge in [0.05, 0.1) is 18.1 Å². The number of carbonyl (C=O) groups excluding carboxylic acids is 1. The van der Waals surface area contributed by atoms with Crippen molar-refractivity contribution in [2.24, 2.45) is 0 Å². The van der Waals surface area contributed by atoms with Crippen molar-refractivity contribution in [3.8, 4) is 6.07 Å². The van der Waals surface area contributed by atoms with Gasteiger partial charge in [-0.1, -0.05) is 12.1 Å². The molecular formula is C11H11FN2O. The molecule has 1 aromatic rings. The molecule has 0 saturated heterocycles. The van der Waals surface area contributed by atoms with Gasteiger partial charge in [0.1, 0.15) is 6.67 Å². The lowest BCUT2D eigenvalue weighted by molar-refractivity contribution is -0.120. The van der Waals surface area contributed by atoms with Crippen molar-refractivity contribution in [1.29, 1.82) is 5.26 Å². The Morgan fingerprint density at radius 3 is 2.60 bits per heavy atom. The third-order valence-electron chi connectivity index (χ3n) is 1.86. The third kappa shape index (κ3) is 3.77. The Morgan fingerprint density at radius 1 is 1.40 bits per heavy atom. The summed E-state index contributed by atoms with van der Waals surface area (Å²) in [6.45, 7) is -0.506. The van der Waals surface area contributed by atoms with Crippen LogP contribution in [-0.4, -0.2) is 19.1 Å². The van der Waals surface area contributed by atoms with Crippen molar-refractivity contribution in [1.82, 2.24) is 5.32 Å². The maximum atomic E-state index is 11.7. The summed E-state index contributed by atoms with van der Waals surface area (Å²) in [5, 5.41) is 11.0. The molecule has 3 nitrogen and oxygen atoms in total. The highest BCUT2D eigenvalue weighted by Crippen LogP contribution is 2.03. The molecule has 1 aromatic carbocycles. The van der Waals surface area contributed by atoms with E-state index < -0.39 is 6.67 Å². The lowest BCUT2D eigenvalue weighted by atomic mass is 10.1. The molecule has 0 unspecified atom stereocenters. The molecule has 4 heteroatoms. The summed E-state index contributed by atoms with van der Waals surface area (Å²) in [7, 11) is 0. The Bertz CT molecular complexity index is 367. The molecule has 0 spiro atoms. The first-order valence-electron chi connectivity index (χ1n) is 4.58. The van der Waals surface area contributed by atoms with E-state index in [0.717, 1.165) is 5.56 Å². The normalized spacial score (nSPS) is 9.33. The van der Waals surface area contributed by atoms with Crippen LogP contribution in [-0.2, 0) is 11.2 Å². The number of nitrogens with zero attached hydrogens (tertiary/aromatic N) is 1. The van der Waals surface area contributed by atoms with Gasteiger partial charge in [0.2, 0.25) is 5.91 Å². The van der Waals surface area contributed by atoms with Crippen molar-refractivity contribution in [2.75, 3.05) is 13.2 Å². The minimum absolute atomic E-state index is 0.0507. The number of carbonyl (C=O) groups is 1. The van der Waals surface area contributed by atoms with Gasteiger partial charge in [0, 0.05) is 6.54 Å². The second-order valence-corrected chi connectivity index (χ2v) is 3.02. The van der Waals surface area contributed by atoms with Crippen molar-refractivity contribution in [3.05, 3.63) is 35.4 Å². The number of nitriles is 1. The van der Waals surface area contributed by atoms with Gasteiger partial charge in [-0.3, -0.25) is 4.79 Å². The first-order valence-corrected chi connectivity index (χ1v) is 4.58. The molecule has 0 aliphatic rings. The first-order chi connectivity index (χ1) is 7.26. The Morgan fingerprint density at radius 2 is 2.07 bits per heavy atom. The van der Waals surface area contributed by atoms with Crippen molar-refractivity contribution >= 4 is 5.91 Å². The maximum absolute atomic E-state index is 11.7. The number of rotatable bonds is 4. The molecule has 0 aliphatic heterocycles. The molecule has 0 atom stereocenters. The fourth-order valence-electron chi connectivity index (χ4n) is 1.13. The van der Waals surface area contributed by atoms with Crippen LogP contribution in [0.4, 0.5) is 4.39 Å². The molecule has 0 fully saturated rings. The summed E-state index contributed by atoms with van der Waals surface area (Å²) in [6.07, 6.45) is 0.214. The lowest BCUT2D eigenvalue weighted by Gasteiger charge is -2.02. The van der Waals surface area contributed by atoms with Crippen LogP contribution < -0.4 is 5.32 Å². The first kappa shape index (κ1) is 11.2. The van der Waals surface area contributed by atoms with Crippen LogP contribution in [0, 0.1) is 11.3 Å². The molecule has 0 heterocycles. The topological polar surface area (TPSA) is 52.9 Å². The highest BCUT2D eigenvalue weighted by Gasteiger charge is 2.02. The molecule has 1 amide bonds. The number of hydrogen-bond acceptors (Lipinski definition) is 2. The Kier molecular flexibility index (Phi) is 4.30. The van der Waals surface area contributed by atoms with E-state index in [-0.39, 0.29) is 18.9 Å². The quantitative estimate of drug-likeness (QED) is 0.804. The van der Waals surface area contributed by atoms with E-state index in [4.69, 9.17) is 5.26 Å². The van der Waals surface area contributed by atoms with Crippen LogP contribution in [0.2, 0.25) is 0 Å². The summed E-state index contributed by atoms with van der Waals surface area (Å²) >= 11 is 0. The van der Waals surface area contributed by atoms with E-state index in [1.165, 1.54) is 0 Å². The zero-order chi connectivity index (χ0) is 11.1. The number of amides is 1. The van der Waals surface area contributed by atoms with Gasteiger partial charge in [0.15, 0.2) is 0 Å². The second-order valence-electron chi connectivity index (χ2n) is 3.02. The Labute approximate surface area is 87.5 Å². The van der Waals surface area contributed by atoms with Gasteiger partial charge in [-0.05, 0) is 17.7 Å².